The lowest BCUT2D eigenvalue weighted by Crippen LogP contribution is -2.42. The molecule has 2 saturated heterocycles. The molecule has 28 heavy (non-hydrogen) atoms. The third-order valence-corrected chi connectivity index (χ3v) is 5.45. The van der Waals surface area contributed by atoms with Gasteiger partial charge in [-0.25, -0.2) is 0 Å². The van der Waals surface area contributed by atoms with Gasteiger partial charge in [0.25, 0.3) is 11.8 Å². The molecule has 2 aliphatic rings. The van der Waals surface area contributed by atoms with Gasteiger partial charge in [-0.1, -0.05) is 36.1 Å². The van der Waals surface area contributed by atoms with Crippen molar-refractivity contribution in [1.82, 2.24) is 9.80 Å². The van der Waals surface area contributed by atoms with Crippen LogP contribution in [-0.2, 0) is 19.1 Å². The fourth-order valence-electron chi connectivity index (χ4n) is 2.63. The molecule has 2 heterocycles. The largest absolute Gasteiger partial charge is 0.484 e. The predicted molar refractivity (Wildman–Crippen MR) is 107 cm³/mol. The average Bonchev–Trinajstić information content (AvgIpc) is 2.95. The zero-order valence-corrected chi connectivity index (χ0v) is 16.5. The van der Waals surface area contributed by atoms with Crippen LogP contribution < -0.4 is 4.74 Å². The van der Waals surface area contributed by atoms with Gasteiger partial charge >= 0.3 is 5.97 Å². The number of carboxylic acids is 1. The molecule has 0 spiro atoms. The number of ether oxygens (including phenoxy) is 2. The molecule has 0 bridgehead atoms. The summed E-state index contributed by atoms with van der Waals surface area (Å²) in [4.78, 5) is 38.3. The zero-order valence-electron chi connectivity index (χ0n) is 14.8. The van der Waals surface area contributed by atoms with Gasteiger partial charge < -0.3 is 19.5 Å². The van der Waals surface area contributed by atoms with E-state index in [1.165, 1.54) is 0 Å². The van der Waals surface area contributed by atoms with Crippen molar-refractivity contribution in [2.24, 2.45) is 0 Å². The minimum Gasteiger partial charge on any atom is -0.484 e. The molecule has 1 aromatic carbocycles. The highest BCUT2D eigenvalue weighted by molar-refractivity contribution is 8.26. The van der Waals surface area contributed by atoms with Crippen LogP contribution in [-0.4, -0.2) is 76.5 Å². The molecule has 0 unspecified atom stereocenters. The number of amides is 2. The smallest absolute Gasteiger partial charge is 0.323 e. The van der Waals surface area contributed by atoms with Crippen LogP contribution in [0.2, 0.25) is 0 Å². The third kappa shape index (κ3) is 5.09. The van der Waals surface area contributed by atoms with Crippen molar-refractivity contribution in [3.63, 3.8) is 0 Å². The zero-order chi connectivity index (χ0) is 20.1. The first-order valence-electron chi connectivity index (χ1n) is 8.49. The normalized spacial score (nSPS) is 18.6. The van der Waals surface area contributed by atoms with E-state index in [1.54, 1.807) is 35.2 Å². The van der Waals surface area contributed by atoms with E-state index in [-0.39, 0.29) is 16.8 Å². The summed E-state index contributed by atoms with van der Waals surface area (Å²) in [6.45, 7) is 1.72. The van der Waals surface area contributed by atoms with Crippen molar-refractivity contribution in [3.8, 4) is 5.75 Å². The number of rotatable bonds is 6. The summed E-state index contributed by atoms with van der Waals surface area (Å²) in [7, 11) is 0. The summed E-state index contributed by atoms with van der Waals surface area (Å²) >= 11 is 6.13. The van der Waals surface area contributed by atoms with E-state index in [2.05, 4.69) is 0 Å². The molecule has 3 rings (SSSR count). The first kappa shape index (κ1) is 20.3. The first-order valence-corrected chi connectivity index (χ1v) is 9.72. The summed E-state index contributed by atoms with van der Waals surface area (Å²) in [6, 6.07) is 6.91. The molecule has 0 aromatic heterocycles. The number of aliphatic carboxylic acids is 1. The molecule has 0 radical (unpaired) electrons. The van der Waals surface area contributed by atoms with Crippen LogP contribution in [0.1, 0.15) is 5.56 Å². The number of hydrogen-bond acceptors (Lipinski definition) is 7. The Hall–Kier alpha value is -2.43. The average molecular weight is 422 g/mol. The number of morpholine rings is 1. The number of carboxylic acid groups (broad SMARTS) is 1. The highest BCUT2D eigenvalue weighted by Gasteiger charge is 2.33. The number of carbonyl (C=O) groups excluding carboxylic acids is 2. The van der Waals surface area contributed by atoms with Crippen LogP contribution in [0, 0.1) is 0 Å². The van der Waals surface area contributed by atoms with Crippen LogP contribution >= 0.6 is 24.0 Å². The van der Waals surface area contributed by atoms with E-state index in [9.17, 15) is 14.4 Å². The van der Waals surface area contributed by atoms with Gasteiger partial charge in [0.05, 0.1) is 18.1 Å². The minimum atomic E-state index is -1.12. The quantitative estimate of drug-likeness (QED) is 0.540. The van der Waals surface area contributed by atoms with Crippen LogP contribution in [0.15, 0.2) is 29.2 Å². The van der Waals surface area contributed by atoms with Gasteiger partial charge in [0.1, 0.15) is 16.6 Å². The molecule has 148 valence electrons. The van der Waals surface area contributed by atoms with Crippen molar-refractivity contribution < 1.29 is 29.0 Å². The molecule has 10 heteroatoms. The summed E-state index contributed by atoms with van der Waals surface area (Å²) in [5, 5.41) is 8.86. The van der Waals surface area contributed by atoms with Crippen LogP contribution in [0.5, 0.6) is 5.75 Å². The van der Waals surface area contributed by atoms with E-state index in [0.717, 1.165) is 22.2 Å². The van der Waals surface area contributed by atoms with Crippen molar-refractivity contribution >= 4 is 52.2 Å². The van der Waals surface area contributed by atoms with Crippen LogP contribution in [0.25, 0.3) is 6.08 Å². The fraction of sp³-hybridized carbons (Fsp3) is 0.333. The first-order chi connectivity index (χ1) is 13.4. The number of thiocarbonyl (C=S) groups is 1. The Balaban J connectivity index is 1.57. The lowest BCUT2D eigenvalue weighted by molar-refractivity contribution is -0.140. The maximum absolute atomic E-state index is 12.3. The Morgan fingerprint density at radius 3 is 2.57 bits per heavy atom. The number of benzene rings is 1. The van der Waals surface area contributed by atoms with Crippen molar-refractivity contribution in [2.75, 3.05) is 39.5 Å². The summed E-state index contributed by atoms with van der Waals surface area (Å²) in [5.74, 6) is -1.09. The van der Waals surface area contributed by atoms with Gasteiger partial charge in [0.15, 0.2) is 6.61 Å². The molecule has 0 aliphatic carbocycles. The SMILES string of the molecule is O=C(O)CN1C(=O)C(=Cc2ccc(OCC(=O)N3CCOCC3)cc2)SC1=S. The number of hydrogen-bond donors (Lipinski definition) is 1. The van der Waals surface area contributed by atoms with E-state index >= 15 is 0 Å². The van der Waals surface area contributed by atoms with Gasteiger partial charge in [-0.15, -0.1) is 0 Å². The molecule has 0 saturated carbocycles. The second-order valence-electron chi connectivity index (χ2n) is 6.01. The van der Waals surface area contributed by atoms with Crippen LogP contribution in [0.3, 0.4) is 0 Å². The maximum Gasteiger partial charge on any atom is 0.323 e. The summed E-state index contributed by atoms with van der Waals surface area (Å²) in [6.07, 6.45) is 1.64. The number of carbonyl (C=O) groups is 3. The molecule has 8 nitrogen and oxygen atoms in total. The van der Waals surface area contributed by atoms with Gasteiger partial charge in [0, 0.05) is 13.1 Å². The Morgan fingerprint density at radius 2 is 1.93 bits per heavy atom. The Bertz CT molecular complexity index is 818. The predicted octanol–water partition coefficient (Wildman–Crippen LogP) is 1.21. The van der Waals surface area contributed by atoms with Gasteiger partial charge in [-0.2, -0.15) is 0 Å². The molecule has 1 N–H and O–H groups in total. The van der Waals surface area contributed by atoms with Gasteiger partial charge in [0.2, 0.25) is 0 Å². The lowest BCUT2D eigenvalue weighted by atomic mass is 10.2. The Labute approximate surface area is 171 Å². The highest BCUT2D eigenvalue weighted by Crippen LogP contribution is 2.32. The minimum absolute atomic E-state index is 0.0484. The van der Waals surface area contributed by atoms with Crippen molar-refractivity contribution in [2.45, 2.75) is 0 Å². The van der Waals surface area contributed by atoms with E-state index < -0.39 is 18.4 Å². The highest BCUT2D eigenvalue weighted by atomic mass is 32.2. The van der Waals surface area contributed by atoms with Gasteiger partial charge in [-0.05, 0) is 23.8 Å². The lowest BCUT2D eigenvalue weighted by Gasteiger charge is -2.26. The monoisotopic (exact) mass is 422 g/mol. The maximum atomic E-state index is 12.3. The number of nitrogens with zero attached hydrogens (tertiary/aromatic N) is 2. The summed E-state index contributed by atoms with van der Waals surface area (Å²) < 4.78 is 11.0. The fourth-order valence-corrected chi connectivity index (χ4v) is 3.89. The third-order valence-electron chi connectivity index (χ3n) is 4.07. The molecule has 2 fully saturated rings. The summed E-state index contributed by atoms with van der Waals surface area (Å²) in [5.41, 5.74) is 0.739. The molecule has 0 atom stereocenters. The Kier molecular flexibility index (Phi) is 6.65. The van der Waals surface area contributed by atoms with Gasteiger partial charge in [-0.3, -0.25) is 19.3 Å². The molecule has 2 aliphatic heterocycles. The van der Waals surface area contributed by atoms with Crippen molar-refractivity contribution in [3.05, 3.63) is 34.7 Å². The standard InChI is InChI=1S/C18H18N2O6S2/c21-15(19-5-7-25-8-6-19)11-26-13-3-1-12(2-4-13)9-14-17(24)20(10-16(22)23)18(27)28-14/h1-4,9H,5-8,10-11H2,(H,22,23). The molecule has 2 amide bonds. The van der Waals surface area contributed by atoms with E-state index in [0.29, 0.717) is 37.0 Å². The molecular weight excluding hydrogens is 404 g/mol. The van der Waals surface area contributed by atoms with E-state index in [4.69, 9.17) is 26.8 Å². The molecule has 1 aromatic rings. The second kappa shape index (κ2) is 9.18. The number of thioether (sulfide) groups is 1. The van der Waals surface area contributed by atoms with E-state index in [1.807, 2.05) is 0 Å². The topological polar surface area (TPSA) is 96.4 Å². The second-order valence-corrected chi connectivity index (χ2v) is 7.69. The Morgan fingerprint density at radius 1 is 1.25 bits per heavy atom. The van der Waals surface area contributed by atoms with Crippen molar-refractivity contribution in [1.29, 1.82) is 0 Å². The van der Waals surface area contributed by atoms with Crippen LogP contribution in [0.4, 0.5) is 0 Å². The molecular formula is C18H18N2O6S2.